The third-order valence-corrected chi connectivity index (χ3v) is 2.20. The number of rotatable bonds is 4. The molecule has 0 saturated carbocycles. The Morgan fingerprint density at radius 1 is 1.20 bits per heavy atom. The average molecular weight is 208 g/mol. The van der Waals surface area contributed by atoms with Gasteiger partial charge in [0.2, 0.25) is 0 Å². The summed E-state index contributed by atoms with van der Waals surface area (Å²) in [7, 11) is 3.23. The maximum absolute atomic E-state index is 8.81. The van der Waals surface area contributed by atoms with Gasteiger partial charge in [-0.15, -0.1) is 0 Å². The molecule has 3 nitrogen and oxygen atoms in total. The number of ether oxygens (including phenoxy) is 2. The van der Waals surface area contributed by atoms with Crippen LogP contribution in [0.2, 0.25) is 0 Å². The number of hydrogen-bond donors (Lipinski definition) is 1. The van der Waals surface area contributed by atoms with Gasteiger partial charge in [0.05, 0.1) is 20.8 Å². The number of benzene rings is 1. The zero-order chi connectivity index (χ0) is 11.3. The number of allylic oxidation sites excluding steroid dienone is 1. The molecular formula is C12H16O3. The predicted molar refractivity (Wildman–Crippen MR) is 60.3 cm³/mol. The maximum Gasteiger partial charge on any atom is 0.123 e. The van der Waals surface area contributed by atoms with Crippen LogP contribution < -0.4 is 9.47 Å². The van der Waals surface area contributed by atoms with E-state index in [1.54, 1.807) is 20.3 Å². The molecular weight excluding hydrogens is 192 g/mol. The second kappa shape index (κ2) is 5.41. The molecule has 0 fully saturated rings. The average Bonchev–Trinajstić information content (AvgIpc) is 2.28. The maximum atomic E-state index is 8.81. The van der Waals surface area contributed by atoms with E-state index in [2.05, 4.69) is 0 Å². The highest BCUT2D eigenvalue weighted by Crippen LogP contribution is 2.26. The molecule has 1 aromatic rings. The van der Waals surface area contributed by atoms with Crippen molar-refractivity contribution in [1.82, 2.24) is 0 Å². The van der Waals surface area contributed by atoms with Gasteiger partial charge in [0.25, 0.3) is 0 Å². The summed E-state index contributed by atoms with van der Waals surface area (Å²) < 4.78 is 10.3. The van der Waals surface area contributed by atoms with E-state index >= 15 is 0 Å². The summed E-state index contributed by atoms with van der Waals surface area (Å²) in [4.78, 5) is 0. The summed E-state index contributed by atoms with van der Waals surface area (Å²) in [6, 6.07) is 5.63. The van der Waals surface area contributed by atoms with Gasteiger partial charge < -0.3 is 14.6 Å². The van der Waals surface area contributed by atoms with E-state index in [4.69, 9.17) is 14.6 Å². The first kappa shape index (κ1) is 11.6. The molecule has 0 amide bonds. The fraction of sp³-hybridized carbons (Fsp3) is 0.333. The van der Waals surface area contributed by atoms with Crippen molar-refractivity contribution in [3.63, 3.8) is 0 Å². The molecule has 1 rings (SSSR count). The third kappa shape index (κ3) is 2.99. The Bertz CT molecular complexity index is 334. The van der Waals surface area contributed by atoms with Gasteiger partial charge in [-0.25, -0.2) is 0 Å². The molecule has 0 aliphatic heterocycles. The fourth-order valence-corrected chi connectivity index (χ4v) is 1.29. The molecule has 0 radical (unpaired) electrons. The van der Waals surface area contributed by atoms with Crippen LogP contribution in [-0.2, 0) is 0 Å². The smallest absolute Gasteiger partial charge is 0.123 e. The summed E-state index contributed by atoms with van der Waals surface area (Å²) in [6.07, 6.45) is 1.74. The Morgan fingerprint density at radius 3 is 2.13 bits per heavy atom. The molecule has 0 aliphatic rings. The van der Waals surface area contributed by atoms with Crippen molar-refractivity contribution in [3.05, 3.63) is 29.8 Å². The quantitative estimate of drug-likeness (QED) is 0.823. The van der Waals surface area contributed by atoms with E-state index < -0.39 is 0 Å². The van der Waals surface area contributed by atoms with Gasteiger partial charge in [-0.3, -0.25) is 0 Å². The number of aliphatic hydroxyl groups excluding tert-OH is 1. The highest BCUT2D eigenvalue weighted by Gasteiger charge is 2.02. The van der Waals surface area contributed by atoms with Gasteiger partial charge >= 0.3 is 0 Å². The molecule has 0 bridgehead atoms. The van der Waals surface area contributed by atoms with Crippen molar-refractivity contribution in [2.45, 2.75) is 6.92 Å². The monoisotopic (exact) mass is 208 g/mol. The molecule has 0 aliphatic carbocycles. The van der Waals surface area contributed by atoms with Crippen molar-refractivity contribution >= 4 is 5.57 Å². The van der Waals surface area contributed by atoms with Crippen LogP contribution in [0.15, 0.2) is 24.3 Å². The highest BCUT2D eigenvalue weighted by atomic mass is 16.5. The van der Waals surface area contributed by atoms with Crippen LogP contribution in [0.5, 0.6) is 11.5 Å². The molecule has 0 spiro atoms. The first-order valence-electron chi connectivity index (χ1n) is 4.72. The molecule has 1 N–H and O–H groups in total. The number of hydrogen-bond acceptors (Lipinski definition) is 3. The van der Waals surface area contributed by atoms with E-state index in [0.717, 1.165) is 22.6 Å². The van der Waals surface area contributed by atoms with Gasteiger partial charge in [0.15, 0.2) is 0 Å². The van der Waals surface area contributed by atoms with Crippen LogP contribution >= 0.6 is 0 Å². The molecule has 0 aromatic heterocycles. The van der Waals surface area contributed by atoms with Gasteiger partial charge in [0, 0.05) is 6.07 Å². The molecule has 15 heavy (non-hydrogen) atoms. The van der Waals surface area contributed by atoms with E-state index in [-0.39, 0.29) is 6.61 Å². The van der Waals surface area contributed by atoms with Crippen LogP contribution in [0, 0.1) is 0 Å². The van der Waals surface area contributed by atoms with E-state index in [1.807, 2.05) is 25.1 Å². The SMILES string of the molecule is COc1cc(OC)cc(C(C)=CCO)c1. The lowest BCUT2D eigenvalue weighted by atomic mass is 10.1. The van der Waals surface area contributed by atoms with E-state index in [9.17, 15) is 0 Å². The van der Waals surface area contributed by atoms with Gasteiger partial charge in [-0.2, -0.15) is 0 Å². The van der Waals surface area contributed by atoms with Crippen molar-refractivity contribution < 1.29 is 14.6 Å². The molecule has 0 saturated heterocycles. The highest BCUT2D eigenvalue weighted by molar-refractivity contribution is 5.66. The normalized spacial score (nSPS) is 11.3. The summed E-state index contributed by atoms with van der Waals surface area (Å²) in [5, 5.41) is 8.81. The van der Waals surface area contributed by atoms with Gasteiger partial charge in [-0.05, 0) is 30.2 Å². The lowest BCUT2D eigenvalue weighted by Crippen LogP contribution is -1.90. The lowest BCUT2D eigenvalue weighted by Gasteiger charge is -2.08. The zero-order valence-corrected chi connectivity index (χ0v) is 9.28. The van der Waals surface area contributed by atoms with Crippen molar-refractivity contribution in [3.8, 4) is 11.5 Å². The fourth-order valence-electron chi connectivity index (χ4n) is 1.29. The summed E-state index contributed by atoms with van der Waals surface area (Å²) in [5.41, 5.74) is 1.98. The Hall–Kier alpha value is -1.48. The minimum Gasteiger partial charge on any atom is -0.497 e. The van der Waals surface area contributed by atoms with Crippen LogP contribution in [0.3, 0.4) is 0 Å². The first-order valence-corrected chi connectivity index (χ1v) is 4.72. The van der Waals surface area contributed by atoms with Crippen molar-refractivity contribution in [1.29, 1.82) is 0 Å². The minimum atomic E-state index is 0.0331. The first-order chi connectivity index (χ1) is 7.21. The largest absolute Gasteiger partial charge is 0.497 e. The Morgan fingerprint density at radius 2 is 1.73 bits per heavy atom. The van der Waals surface area contributed by atoms with Crippen molar-refractivity contribution in [2.24, 2.45) is 0 Å². The zero-order valence-electron chi connectivity index (χ0n) is 9.28. The molecule has 0 heterocycles. The number of methoxy groups -OCH3 is 2. The van der Waals surface area contributed by atoms with Crippen LogP contribution in [0.25, 0.3) is 5.57 Å². The summed E-state index contributed by atoms with van der Waals surface area (Å²) >= 11 is 0. The van der Waals surface area contributed by atoms with Gasteiger partial charge in [-0.1, -0.05) is 6.08 Å². The molecule has 1 aromatic carbocycles. The summed E-state index contributed by atoms with van der Waals surface area (Å²) in [6.45, 7) is 1.97. The topological polar surface area (TPSA) is 38.7 Å². The van der Waals surface area contributed by atoms with Crippen molar-refractivity contribution in [2.75, 3.05) is 20.8 Å². The molecule has 82 valence electrons. The summed E-state index contributed by atoms with van der Waals surface area (Å²) in [5.74, 6) is 1.49. The molecule has 0 atom stereocenters. The van der Waals surface area contributed by atoms with Gasteiger partial charge in [0.1, 0.15) is 11.5 Å². The van der Waals surface area contributed by atoms with E-state index in [1.165, 1.54) is 0 Å². The Labute approximate surface area is 90.0 Å². The third-order valence-electron chi connectivity index (χ3n) is 2.20. The molecule has 3 heteroatoms. The molecule has 0 unspecified atom stereocenters. The second-order valence-corrected chi connectivity index (χ2v) is 3.17. The standard InChI is InChI=1S/C12H16O3/c1-9(4-5-13)10-6-11(14-2)8-12(7-10)15-3/h4,6-8,13H,5H2,1-3H3. The van der Waals surface area contributed by atoms with Crippen LogP contribution in [-0.4, -0.2) is 25.9 Å². The Balaban J connectivity index is 3.12. The predicted octanol–water partition coefficient (Wildman–Crippen LogP) is 2.10. The minimum absolute atomic E-state index is 0.0331. The van der Waals surface area contributed by atoms with Crippen LogP contribution in [0.4, 0.5) is 0 Å². The Kier molecular flexibility index (Phi) is 4.18. The number of aliphatic hydroxyl groups is 1. The van der Waals surface area contributed by atoms with Crippen LogP contribution in [0.1, 0.15) is 12.5 Å². The van der Waals surface area contributed by atoms with E-state index in [0.29, 0.717) is 0 Å². The second-order valence-electron chi connectivity index (χ2n) is 3.17. The lowest BCUT2D eigenvalue weighted by molar-refractivity contribution is 0.343.